The Morgan fingerprint density at radius 2 is 1.16 bits per heavy atom. The molecular formula is C33H36N10O6. The van der Waals surface area contributed by atoms with Crippen molar-refractivity contribution in [3.63, 3.8) is 0 Å². The Kier molecular flexibility index (Phi) is 10.2. The van der Waals surface area contributed by atoms with E-state index in [2.05, 4.69) is 40.2 Å². The predicted molar refractivity (Wildman–Crippen MR) is 177 cm³/mol. The first-order valence-corrected chi connectivity index (χ1v) is 15.8. The first kappa shape index (κ1) is 32.9. The molecule has 2 saturated heterocycles. The zero-order chi connectivity index (χ0) is 34.2. The fourth-order valence-electron chi connectivity index (χ4n) is 5.31. The molecule has 6 heterocycles. The van der Waals surface area contributed by atoms with E-state index in [4.69, 9.17) is 18.7 Å². The van der Waals surface area contributed by atoms with E-state index in [-0.39, 0.29) is 6.09 Å². The Balaban J connectivity index is 0.000000177. The van der Waals surface area contributed by atoms with Crippen LogP contribution < -0.4 is 9.80 Å². The van der Waals surface area contributed by atoms with Gasteiger partial charge in [-0.3, -0.25) is 0 Å². The molecule has 16 heteroatoms. The van der Waals surface area contributed by atoms with Crippen LogP contribution in [0.15, 0.2) is 75.8 Å². The summed E-state index contributed by atoms with van der Waals surface area (Å²) in [6, 6.07) is 17.3. The van der Waals surface area contributed by atoms with Crippen molar-refractivity contribution in [3.8, 4) is 23.2 Å². The van der Waals surface area contributed by atoms with E-state index in [1.54, 1.807) is 31.1 Å². The molecule has 7 rings (SSSR count). The van der Waals surface area contributed by atoms with Crippen LogP contribution in [0.1, 0.15) is 17.3 Å². The Morgan fingerprint density at radius 3 is 1.57 bits per heavy atom. The van der Waals surface area contributed by atoms with E-state index in [1.807, 2.05) is 54.6 Å². The van der Waals surface area contributed by atoms with E-state index in [9.17, 15) is 9.59 Å². The number of hydrogen-bond acceptors (Lipinski definition) is 13. The van der Waals surface area contributed by atoms with Crippen LogP contribution in [0.2, 0.25) is 0 Å². The Labute approximate surface area is 282 Å². The summed E-state index contributed by atoms with van der Waals surface area (Å²) in [5.41, 5.74) is 4.21. The SMILES string of the molecule is Cc1nnc(-c2ccc(N3CCN(C(=O)O)CC3)cn2)o1.Cc1nnc(-c2ccc(N3CCN(C(=O)OCc4ccccc4)CC3)cn2)o1. The number of carboxylic acid groups (broad SMARTS) is 1. The zero-order valence-corrected chi connectivity index (χ0v) is 27.2. The van der Waals surface area contributed by atoms with Crippen molar-refractivity contribution in [2.24, 2.45) is 0 Å². The summed E-state index contributed by atoms with van der Waals surface area (Å²) in [6.07, 6.45) is 2.39. The molecule has 1 aromatic carbocycles. The molecule has 0 aliphatic carbocycles. The Bertz CT molecular complexity index is 1810. The van der Waals surface area contributed by atoms with Gasteiger partial charge in [-0.2, -0.15) is 0 Å². The lowest BCUT2D eigenvalue weighted by Gasteiger charge is -2.35. The minimum absolute atomic E-state index is 0.274. The highest BCUT2D eigenvalue weighted by molar-refractivity contribution is 5.68. The predicted octanol–water partition coefficient (Wildman–Crippen LogP) is 4.14. The average Bonchev–Trinajstić information content (AvgIpc) is 3.79. The van der Waals surface area contributed by atoms with Gasteiger partial charge < -0.3 is 38.3 Å². The van der Waals surface area contributed by atoms with Gasteiger partial charge in [-0.1, -0.05) is 30.3 Å². The topological polar surface area (TPSA) is 180 Å². The number of piperazine rings is 2. The molecule has 0 spiro atoms. The molecule has 0 saturated carbocycles. The fraction of sp³-hybridized carbons (Fsp3) is 0.333. The number of hydrogen-bond donors (Lipinski definition) is 1. The number of aryl methyl sites for hydroxylation is 2. The van der Waals surface area contributed by atoms with Crippen LogP contribution in [-0.2, 0) is 11.3 Å². The number of ether oxygens (including phenoxy) is 1. The second-order valence-corrected chi connectivity index (χ2v) is 11.3. The van der Waals surface area contributed by atoms with Crippen molar-refractivity contribution in [2.45, 2.75) is 20.5 Å². The van der Waals surface area contributed by atoms with Crippen molar-refractivity contribution in [2.75, 3.05) is 62.2 Å². The van der Waals surface area contributed by atoms with Crippen molar-refractivity contribution in [3.05, 3.63) is 84.3 Å². The first-order valence-electron chi connectivity index (χ1n) is 15.8. The summed E-state index contributed by atoms with van der Waals surface area (Å²) in [5, 5.41) is 24.4. The van der Waals surface area contributed by atoms with Crippen LogP contribution in [0.5, 0.6) is 0 Å². The van der Waals surface area contributed by atoms with Gasteiger partial charge in [-0.15, -0.1) is 20.4 Å². The van der Waals surface area contributed by atoms with Crippen molar-refractivity contribution in [1.82, 2.24) is 40.2 Å². The van der Waals surface area contributed by atoms with Crippen molar-refractivity contribution >= 4 is 23.6 Å². The molecule has 0 unspecified atom stereocenters. The van der Waals surface area contributed by atoms with Crippen LogP contribution in [0.25, 0.3) is 23.2 Å². The van der Waals surface area contributed by atoms with Gasteiger partial charge in [0.05, 0.1) is 23.8 Å². The van der Waals surface area contributed by atoms with Crippen molar-refractivity contribution in [1.29, 1.82) is 0 Å². The number of anilines is 2. The molecule has 0 radical (unpaired) electrons. The number of carbonyl (C=O) groups excluding carboxylic acids is 1. The molecule has 0 atom stereocenters. The largest absolute Gasteiger partial charge is 0.465 e. The smallest absolute Gasteiger partial charge is 0.410 e. The highest BCUT2D eigenvalue weighted by atomic mass is 16.6. The lowest BCUT2D eigenvalue weighted by atomic mass is 10.2. The van der Waals surface area contributed by atoms with Crippen LogP contribution in [0, 0.1) is 13.8 Å². The van der Waals surface area contributed by atoms with Gasteiger partial charge in [0.25, 0.3) is 11.8 Å². The van der Waals surface area contributed by atoms with E-state index >= 15 is 0 Å². The summed E-state index contributed by atoms with van der Waals surface area (Å²) in [7, 11) is 0. The zero-order valence-electron chi connectivity index (χ0n) is 27.2. The maximum Gasteiger partial charge on any atom is 0.410 e. The molecule has 2 aliphatic rings. The minimum atomic E-state index is -0.866. The fourth-order valence-corrected chi connectivity index (χ4v) is 5.31. The van der Waals surface area contributed by atoms with Gasteiger partial charge in [0.15, 0.2) is 0 Å². The van der Waals surface area contributed by atoms with Crippen LogP contribution >= 0.6 is 0 Å². The summed E-state index contributed by atoms with van der Waals surface area (Å²) < 4.78 is 16.1. The third-order valence-corrected chi connectivity index (χ3v) is 8.01. The van der Waals surface area contributed by atoms with Gasteiger partial charge in [-0.05, 0) is 29.8 Å². The van der Waals surface area contributed by atoms with E-state index in [1.165, 1.54) is 4.90 Å². The molecule has 2 amide bonds. The number of amides is 2. The highest BCUT2D eigenvalue weighted by Crippen LogP contribution is 2.22. The molecule has 5 aromatic rings. The molecule has 2 aliphatic heterocycles. The lowest BCUT2D eigenvalue weighted by molar-refractivity contribution is 0.0942. The van der Waals surface area contributed by atoms with E-state index < -0.39 is 6.09 Å². The summed E-state index contributed by atoms with van der Waals surface area (Å²) >= 11 is 0. The van der Waals surface area contributed by atoms with E-state index in [0.29, 0.717) is 80.8 Å². The van der Waals surface area contributed by atoms with Crippen LogP contribution in [-0.4, -0.2) is 110 Å². The summed E-state index contributed by atoms with van der Waals surface area (Å²) in [6.45, 7) is 8.75. The highest BCUT2D eigenvalue weighted by Gasteiger charge is 2.23. The third-order valence-electron chi connectivity index (χ3n) is 8.01. The van der Waals surface area contributed by atoms with Crippen molar-refractivity contribution < 1.29 is 28.3 Å². The number of rotatable bonds is 6. The number of carbonyl (C=O) groups is 2. The number of nitrogens with zero attached hydrogens (tertiary/aromatic N) is 10. The number of pyridine rings is 2. The van der Waals surface area contributed by atoms with Crippen LogP contribution in [0.3, 0.4) is 0 Å². The molecule has 254 valence electrons. The Hall–Kier alpha value is -6.06. The maximum atomic E-state index is 12.3. The molecule has 1 N–H and O–H groups in total. The van der Waals surface area contributed by atoms with Gasteiger partial charge in [0.2, 0.25) is 11.8 Å². The molecule has 16 nitrogen and oxygen atoms in total. The quantitative estimate of drug-likeness (QED) is 0.273. The van der Waals surface area contributed by atoms with Gasteiger partial charge in [-0.25, -0.2) is 19.6 Å². The maximum absolute atomic E-state index is 12.3. The van der Waals surface area contributed by atoms with Gasteiger partial charge >= 0.3 is 12.2 Å². The number of aromatic nitrogens is 6. The molecule has 49 heavy (non-hydrogen) atoms. The normalized spacial score (nSPS) is 14.7. The van der Waals surface area contributed by atoms with Crippen LogP contribution in [0.4, 0.5) is 21.0 Å². The molecule has 4 aromatic heterocycles. The molecule has 2 fully saturated rings. The summed E-state index contributed by atoms with van der Waals surface area (Å²) in [5.74, 6) is 1.82. The van der Waals surface area contributed by atoms with Gasteiger partial charge in [0.1, 0.15) is 18.0 Å². The monoisotopic (exact) mass is 668 g/mol. The third kappa shape index (κ3) is 8.46. The Morgan fingerprint density at radius 1 is 0.673 bits per heavy atom. The summed E-state index contributed by atoms with van der Waals surface area (Å²) in [4.78, 5) is 39.3. The van der Waals surface area contributed by atoms with E-state index in [0.717, 1.165) is 30.0 Å². The average molecular weight is 669 g/mol. The van der Waals surface area contributed by atoms with Gasteiger partial charge in [0, 0.05) is 66.2 Å². The minimum Gasteiger partial charge on any atom is -0.465 e. The standard InChI is InChI=1S/C20H21N5O3.C13H15N5O3/c1-15-22-23-19(28-15)18-8-7-17(13-21-18)24-9-11-25(12-10-24)20(26)27-14-16-5-3-2-4-6-16;1-9-15-16-12(21-9)11-3-2-10(8-14-11)17-4-6-18(7-5-17)13(19)20/h2-8,13H,9-12,14H2,1H3;2-3,8H,4-7H2,1H3,(H,19,20). The number of benzene rings is 1. The first-order chi connectivity index (χ1) is 23.8. The second-order valence-electron chi connectivity index (χ2n) is 11.3. The molecular weight excluding hydrogens is 632 g/mol. The lowest BCUT2D eigenvalue weighted by Crippen LogP contribution is -2.49. The second kappa shape index (κ2) is 15.2. The molecule has 0 bridgehead atoms.